The molecule has 1 fully saturated rings. The van der Waals surface area contributed by atoms with Gasteiger partial charge in [-0.25, -0.2) is 9.67 Å². The van der Waals surface area contributed by atoms with Crippen LogP contribution < -0.4 is 0 Å². The number of nitrogens with zero attached hydrogens (tertiary/aromatic N) is 6. The molecule has 0 unspecified atom stereocenters. The van der Waals surface area contributed by atoms with E-state index in [1.165, 1.54) is 25.6 Å². The van der Waals surface area contributed by atoms with Crippen molar-refractivity contribution in [2.45, 2.75) is 31.7 Å². The van der Waals surface area contributed by atoms with E-state index in [0.717, 1.165) is 11.6 Å². The fourth-order valence-corrected chi connectivity index (χ4v) is 1.99. The lowest BCUT2D eigenvalue weighted by Gasteiger charge is -2.24. The molecule has 1 aliphatic carbocycles. The summed E-state index contributed by atoms with van der Waals surface area (Å²) < 4.78 is 3.85. The summed E-state index contributed by atoms with van der Waals surface area (Å²) in [7, 11) is 2.03. The fraction of sp³-hybridized carbons (Fsp3) is 0.600. The molecule has 3 rings (SSSR count). The van der Waals surface area contributed by atoms with E-state index in [9.17, 15) is 0 Å². The maximum Gasteiger partial charge on any atom is 0.154 e. The van der Waals surface area contributed by atoms with Crippen LogP contribution >= 0.6 is 0 Å². The Labute approximate surface area is 93.3 Å². The third-order valence-electron chi connectivity index (χ3n) is 3.24. The first-order valence-corrected chi connectivity index (χ1v) is 5.55. The van der Waals surface area contributed by atoms with Crippen molar-refractivity contribution in [2.75, 3.05) is 0 Å². The Morgan fingerprint density at radius 1 is 1.38 bits per heavy atom. The average molecular weight is 218 g/mol. The van der Waals surface area contributed by atoms with E-state index < -0.39 is 0 Å². The normalized spacial score (nSPS) is 16.3. The highest BCUT2D eigenvalue weighted by Gasteiger charge is 2.25. The maximum atomic E-state index is 4.27. The third-order valence-corrected chi connectivity index (χ3v) is 3.24. The topological polar surface area (TPSA) is 61.4 Å². The van der Waals surface area contributed by atoms with Crippen LogP contribution in [0.1, 0.15) is 36.8 Å². The van der Waals surface area contributed by atoms with Gasteiger partial charge in [0.25, 0.3) is 0 Å². The highest BCUT2D eigenvalue weighted by atomic mass is 15.4. The Hall–Kier alpha value is -1.72. The molecule has 0 saturated heterocycles. The summed E-state index contributed by atoms with van der Waals surface area (Å²) >= 11 is 0. The average Bonchev–Trinajstić information content (AvgIpc) is 2.80. The maximum absolute atomic E-state index is 4.27. The third kappa shape index (κ3) is 1.50. The number of aromatic nitrogens is 6. The van der Waals surface area contributed by atoms with Crippen LogP contribution in [-0.4, -0.2) is 29.5 Å². The van der Waals surface area contributed by atoms with Gasteiger partial charge < -0.3 is 4.57 Å². The van der Waals surface area contributed by atoms with Crippen molar-refractivity contribution in [3.63, 3.8) is 0 Å². The Morgan fingerprint density at radius 3 is 2.88 bits per heavy atom. The summed E-state index contributed by atoms with van der Waals surface area (Å²) in [6.07, 6.45) is 7.03. The smallest absolute Gasteiger partial charge is 0.154 e. The van der Waals surface area contributed by atoms with E-state index in [1.54, 1.807) is 11.0 Å². The van der Waals surface area contributed by atoms with Gasteiger partial charge in [0.05, 0.1) is 0 Å². The van der Waals surface area contributed by atoms with Crippen LogP contribution in [0.2, 0.25) is 0 Å². The van der Waals surface area contributed by atoms with Gasteiger partial charge in [-0.15, -0.1) is 10.2 Å². The molecule has 1 saturated carbocycles. The molecule has 2 aromatic rings. The second-order valence-electron chi connectivity index (χ2n) is 4.25. The van der Waals surface area contributed by atoms with Crippen molar-refractivity contribution in [1.29, 1.82) is 0 Å². The van der Waals surface area contributed by atoms with E-state index >= 15 is 0 Å². The van der Waals surface area contributed by atoms with E-state index in [-0.39, 0.29) is 0 Å². The Kier molecular flexibility index (Phi) is 2.19. The minimum absolute atomic E-state index is 0.613. The van der Waals surface area contributed by atoms with E-state index in [1.807, 2.05) is 7.05 Å². The van der Waals surface area contributed by atoms with E-state index in [4.69, 9.17) is 0 Å². The van der Waals surface area contributed by atoms with Crippen molar-refractivity contribution < 1.29 is 0 Å². The Bertz CT molecular complexity index is 467. The van der Waals surface area contributed by atoms with Crippen molar-refractivity contribution in [1.82, 2.24) is 29.5 Å². The van der Waals surface area contributed by atoms with Crippen molar-refractivity contribution in [3.8, 4) is 0 Å². The van der Waals surface area contributed by atoms with Crippen molar-refractivity contribution in [2.24, 2.45) is 7.05 Å². The largest absolute Gasteiger partial charge is 0.316 e. The number of rotatable bonds is 3. The van der Waals surface area contributed by atoms with Gasteiger partial charge in [0.15, 0.2) is 5.82 Å². The fourth-order valence-electron chi connectivity index (χ4n) is 1.99. The van der Waals surface area contributed by atoms with Crippen LogP contribution in [0, 0.1) is 0 Å². The van der Waals surface area contributed by atoms with Gasteiger partial charge in [-0.1, -0.05) is 6.42 Å². The first-order valence-electron chi connectivity index (χ1n) is 5.55. The zero-order valence-corrected chi connectivity index (χ0v) is 9.24. The van der Waals surface area contributed by atoms with Crippen LogP contribution in [0.5, 0.6) is 0 Å². The molecule has 0 atom stereocenters. The summed E-state index contributed by atoms with van der Waals surface area (Å²) in [5.74, 6) is 2.66. The van der Waals surface area contributed by atoms with Gasteiger partial charge in [-0.05, 0) is 12.8 Å². The summed E-state index contributed by atoms with van der Waals surface area (Å²) in [6, 6.07) is 0. The molecule has 1 aliphatic rings. The van der Waals surface area contributed by atoms with Crippen LogP contribution in [0.4, 0.5) is 0 Å². The molecular formula is C10H14N6. The predicted octanol–water partition coefficient (Wildman–Crippen LogP) is 0.722. The molecule has 0 bridgehead atoms. The van der Waals surface area contributed by atoms with Gasteiger partial charge in [-0.3, -0.25) is 0 Å². The minimum Gasteiger partial charge on any atom is -0.316 e. The van der Waals surface area contributed by atoms with Gasteiger partial charge in [-0.2, -0.15) is 5.10 Å². The molecule has 0 N–H and O–H groups in total. The minimum atomic E-state index is 0.613. The standard InChI is InChI=1S/C10H14N6/c1-15-9(5-16-7-11-6-12-16)13-14-10(15)8-3-2-4-8/h6-8H,2-5H2,1H3. The Morgan fingerprint density at radius 2 is 2.25 bits per heavy atom. The quantitative estimate of drug-likeness (QED) is 0.761. The molecule has 6 nitrogen and oxygen atoms in total. The first-order chi connectivity index (χ1) is 7.84. The zero-order chi connectivity index (χ0) is 11.0. The van der Waals surface area contributed by atoms with Gasteiger partial charge in [0, 0.05) is 13.0 Å². The molecule has 84 valence electrons. The molecule has 0 spiro atoms. The van der Waals surface area contributed by atoms with Crippen molar-refractivity contribution in [3.05, 3.63) is 24.3 Å². The SMILES string of the molecule is Cn1c(Cn2cncn2)nnc1C1CCC1. The molecule has 2 aromatic heterocycles. The molecule has 16 heavy (non-hydrogen) atoms. The van der Waals surface area contributed by atoms with Gasteiger partial charge >= 0.3 is 0 Å². The summed E-state index contributed by atoms with van der Waals surface area (Å²) in [5, 5.41) is 12.6. The summed E-state index contributed by atoms with van der Waals surface area (Å²) in [5.41, 5.74) is 0. The molecule has 0 aliphatic heterocycles. The summed E-state index contributed by atoms with van der Waals surface area (Å²) in [4.78, 5) is 3.91. The van der Waals surface area contributed by atoms with E-state index in [0.29, 0.717) is 12.5 Å². The highest BCUT2D eigenvalue weighted by molar-refractivity contribution is 5.04. The molecule has 6 heteroatoms. The van der Waals surface area contributed by atoms with Gasteiger partial charge in [0.1, 0.15) is 25.0 Å². The molecule has 2 heterocycles. The first kappa shape index (κ1) is 9.50. The van der Waals surface area contributed by atoms with Crippen LogP contribution in [0.15, 0.2) is 12.7 Å². The molecule has 0 radical (unpaired) electrons. The second-order valence-corrected chi connectivity index (χ2v) is 4.25. The zero-order valence-electron chi connectivity index (χ0n) is 9.24. The lowest BCUT2D eigenvalue weighted by Crippen LogP contribution is -2.15. The van der Waals surface area contributed by atoms with Crippen LogP contribution in [0.3, 0.4) is 0 Å². The number of hydrogen-bond donors (Lipinski definition) is 0. The molecule has 0 aromatic carbocycles. The van der Waals surface area contributed by atoms with Crippen molar-refractivity contribution >= 4 is 0 Å². The summed E-state index contributed by atoms with van der Waals surface area (Å²) in [6.45, 7) is 0.635. The van der Waals surface area contributed by atoms with Gasteiger partial charge in [0.2, 0.25) is 0 Å². The lowest BCUT2D eigenvalue weighted by atomic mass is 9.85. The van der Waals surface area contributed by atoms with Crippen LogP contribution in [0.25, 0.3) is 0 Å². The number of hydrogen-bond acceptors (Lipinski definition) is 4. The highest BCUT2D eigenvalue weighted by Crippen LogP contribution is 2.35. The van der Waals surface area contributed by atoms with Crippen LogP contribution in [-0.2, 0) is 13.6 Å². The monoisotopic (exact) mass is 218 g/mol. The molecular weight excluding hydrogens is 204 g/mol. The predicted molar refractivity (Wildman–Crippen MR) is 56.7 cm³/mol. The lowest BCUT2D eigenvalue weighted by molar-refractivity contribution is 0.391. The second kappa shape index (κ2) is 3.70. The Balaban J connectivity index is 1.82. The van der Waals surface area contributed by atoms with E-state index in [2.05, 4.69) is 24.8 Å². The molecule has 0 amide bonds.